The SMILES string of the molecule is N#CC1CN1C(=O)Oc1c(Br)cc(Br)cc1Br. The Balaban J connectivity index is 2.15. The molecule has 1 aliphatic heterocycles. The van der Waals surface area contributed by atoms with Gasteiger partial charge in [-0.05, 0) is 44.0 Å². The van der Waals surface area contributed by atoms with E-state index in [1.54, 1.807) is 12.1 Å². The van der Waals surface area contributed by atoms with Gasteiger partial charge in [0.2, 0.25) is 0 Å². The van der Waals surface area contributed by atoms with Crippen LogP contribution in [0.2, 0.25) is 0 Å². The Hall–Kier alpha value is -0.580. The maximum absolute atomic E-state index is 11.6. The van der Waals surface area contributed by atoms with Crippen LogP contribution in [0.5, 0.6) is 5.75 Å². The lowest BCUT2D eigenvalue weighted by atomic mass is 10.3. The van der Waals surface area contributed by atoms with Crippen molar-refractivity contribution in [2.45, 2.75) is 6.04 Å². The third-order valence-corrected chi connectivity index (χ3v) is 3.78. The van der Waals surface area contributed by atoms with E-state index >= 15 is 0 Å². The summed E-state index contributed by atoms with van der Waals surface area (Å²) in [5, 5.41) is 8.61. The molecule has 0 aliphatic carbocycles. The van der Waals surface area contributed by atoms with Gasteiger partial charge in [-0.25, -0.2) is 4.79 Å². The Morgan fingerprint density at radius 3 is 2.47 bits per heavy atom. The summed E-state index contributed by atoms with van der Waals surface area (Å²) in [6.07, 6.45) is -0.514. The molecule has 1 atom stereocenters. The summed E-state index contributed by atoms with van der Waals surface area (Å²) >= 11 is 9.94. The van der Waals surface area contributed by atoms with E-state index in [1.807, 2.05) is 6.07 Å². The molecule has 4 nitrogen and oxygen atoms in total. The van der Waals surface area contributed by atoms with Crippen LogP contribution in [0.3, 0.4) is 0 Å². The molecule has 17 heavy (non-hydrogen) atoms. The van der Waals surface area contributed by atoms with Gasteiger partial charge in [0.25, 0.3) is 0 Å². The smallest absolute Gasteiger partial charge is 0.408 e. The van der Waals surface area contributed by atoms with Crippen LogP contribution in [0.15, 0.2) is 25.6 Å². The van der Waals surface area contributed by atoms with Crippen LogP contribution in [-0.2, 0) is 0 Å². The molecule has 0 bridgehead atoms. The number of halogens is 3. The topological polar surface area (TPSA) is 53.1 Å². The largest absolute Gasteiger partial charge is 0.416 e. The van der Waals surface area contributed by atoms with Gasteiger partial charge in [-0.1, -0.05) is 15.9 Å². The first kappa shape index (κ1) is 12.9. The van der Waals surface area contributed by atoms with Gasteiger partial charge in [0, 0.05) is 4.47 Å². The molecule has 7 heteroatoms. The van der Waals surface area contributed by atoms with Crippen LogP contribution in [-0.4, -0.2) is 23.6 Å². The first-order valence-corrected chi connectivity index (χ1v) is 6.93. The highest BCUT2D eigenvalue weighted by Crippen LogP contribution is 2.37. The number of nitriles is 1. The molecule has 0 N–H and O–H groups in total. The second-order valence-corrected chi connectivity index (χ2v) is 5.99. The van der Waals surface area contributed by atoms with Gasteiger partial charge in [-0.3, -0.25) is 4.90 Å². The van der Waals surface area contributed by atoms with Gasteiger partial charge in [0.05, 0.1) is 21.6 Å². The highest BCUT2D eigenvalue weighted by molar-refractivity contribution is 9.11. The molecule has 1 saturated heterocycles. The molecule has 0 saturated carbocycles. The number of rotatable bonds is 1. The lowest BCUT2D eigenvalue weighted by Gasteiger charge is -2.09. The summed E-state index contributed by atoms with van der Waals surface area (Å²) in [7, 11) is 0. The Morgan fingerprint density at radius 1 is 1.41 bits per heavy atom. The second kappa shape index (κ2) is 4.96. The average molecular weight is 425 g/mol. The number of carbonyl (C=O) groups is 1. The highest BCUT2D eigenvalue weighted by Gasteiger charge is 2.40. The van der Waals surface area contributed by atoms with Crippen molar-refractivity contribution in [3.63, 3.8) is 0 Å². The van der Waals surface area contributed by atoms with Crippen molar-refractivity contribution in [2.75, 3.05) is 6.54 Å². The summed E-state index contributed by atoms with van der Waals surface area (Å²) in [6, 6.07) is 5.19. The molecule has 2 rings (SSSR count). The Labute approximate surface area is 123 Å². The Bertz CT molecular complexity index is 504. The number of amides is 1. The second-order valence-electron chi connectivity index (χ2n) is 3.36. The molecule has 1 fully saturated rings. The van der Waals surface area contributed by atoms with Crippen molar-refractivity contribution in [3.8, 4) is 11.8 Å². The van der Waals surface area contributed by atoms with E-state index in [1.165, 1.54) is 4.90 Å². The zero-order valence-corrected chi connectivity index (χ0v) is 13.0. The molecular weight excluding hydrogens is 420 g/mol. The van der Waals surface area contributed by atoms with Gasteiger partial charge >= 0.3 is 6.09 Å². The Morgan fingerprint density at radius 2 is 2.00 bits per heavy atom. The van der Waals surface area contributed by atoms with E-state index in [2.05, 4.69) is 47.8 Å². The van der Waals surface area contributed by atoms with Crippen LogP contribution in [0, 0.1) is 11.3 Å². The summed E-state index contributed by atoms with van der Waals surface area (Å²) in [5.74, 6) is 0.404. The molecule has 1 unspecified atom stereocenters. The maximum atomic E-state index is 11.6. The molecule has 0 aromatic heterocycles. The van der Waals surface area contributed by atoms with E-state index in [-0.39, 0.29) is 6.04 Å². The van der Waals surface area contributed by atoms with Crippen LogP contribution >= 0.6 is 47.8 Å². The molecule has 0 radical (unpaired) electrons. The number of hydrogen-bond acceptors (Lipinski definition) is 3. The van der Waals surface area contributed by atoms with Crippen molar-refractivity contribution in [1.29, 1.82) is 5.26 Å². The molecule has 1 heterocycles. The predicted molar refractivity (Wildman–Crippen MR) is 71.7 cm³/mol. The van der Waals surface area contributed by atoms with Crippen LogP contribution in [0.1, 0.15) is 0 Å². The fraction of sp³-hybridized carbons (Fsp3) is 0.200. The van der Waals surface area contributed by atoms with E-state index < -0.39 is 6.09 Å². The standard InChI is InChI=1S/C10H5Br3N2O2/c11-5-1-7(12)9(8(13)2-5)17-10(16)15-4-6(15)3-14/h1-2,6H,4H2. The molecule has 1 aromatic rings. The van der Waals surface area contributed by atoms with Gasteiger partial charge < -0.3 is 4.74 Å². The minimum atomic E-state index is -0.514. The van der Waals surface area contributed by atoms with Crippen molar-refractivity contribution in [3.05, 3.63) is 25.6 Å². The van der Waals surface area contributed by atoms with Gasteiger partial charge in [-0.2, -0.15) is 5.26 Å². The van der Waals surface area contributed by atoms with E-state index in [0.717, 1.165) is 4.47 Å². The predicted octanol–water partition coefficient (Wildman–Crippen LogP) is 3.68. The minimum absolute atomic E-state index is 0.351. The lowest BCUT2D eigenvalue weighted by Crippen LogP contribution is -2.18. The van der Waals surface area contributed by atoms with Crippen molar-refractivity contribution >= 4 is 53.9 Å². The average Bonchev–Trinajstić information content (AvgIpc) is 3.02. The van der Waals surface area contributed by atoms with E-state index in [9.17, 15) is 4.79 Å². The van der Waals surface area contributed by atoms with Crippen molar-refractivity contribution in [1.82, 2.24) is 4.90 Å². The maximum Gasteiger partial charge on any atom is 0.416 e. The number of carbonyl (C=O) groups excluding carboxylic acids is 1. The van der Waals surface area contributed by atoms with Crippen LogP contribution < -0.4 is 4.74 Å². The van der Waals surface area contributed by atoms with Crippen molar-refractivity contribution in [2.24, 2.45) is 0 Å². The monoisotopic (exact) mass is 422 g/mol. The fourth-order valence-corrected chi connectivity index (χ4v) is 3.64. The number of ether oxygens (including phenoxy) is 1. The number of hydrogen-bond donors (Lipinski definition) is 0. The third-order valence-electron chi connectivity index (χ3n) is 2.15. The zero-order chi connectivity index (χ0) is 12.6. The zero-order valence-electron chi connectivity index (χ0n) is 8.28. The number of nitrogens with zero attached hydrogens (tertiary/aromatic N) is 2. The lowest BCUT2D eigenvalue weighted by molar-refractivity contribution is 0.184. The summed E-state index contributed by atoms with van der Waals surface area (Å²) in [4.78, 5) is 13.0. The molecular formula is C10H5Br3N2O2. The summed E-state index contributed by atoms with van der Waals surface area (Å²) in [6.45, 7) is 0.432. The molecule has 1 aliphatic rings. The van der Waals surface area contributed by atoms with Gasteiger partial charge in [-0.15, -0.1) is 0 Å². The van der Waals surface area contributed by atoms with E-state index in [4.69, 9.17) is 10.00 Å². The van der Waals surface area contributed by atoms with Gasteiger partial charge in [0.1, 0.15) is 6.04 Å². The molecule has 1 amide bonds. The molecule has 0 spiro atoms. The van der Waals surface area contributed by atoms with E-state index in [0.29, 0.717) is 21.2 Å². The third kappa shape index (κ3) is 2.81. The first-order chi connectivity index (χ1) is 8.02. The van der Waals surface area contributed by atoms with Gasteiger partial charge in [0.15, 0.2) is 5.75 Å². The van der Waals surface area contributed by atoms with Crippen molar-refractivity contribution < 1.29 is 9.53 Å². The number of benzene rings is 1. The van der Waals surface area contributed by atoms with Crippen LogP contribution in [0.4, 0.5) is 4.79 Å². The fourth-order valence-electron chi connectivity index (χ4n) is 1.22. The summed E-state index contributed by atoms with van der Waals surface area (Å²) < 4.78 is 7.38. The quantitative estimate of drug-likeness (QED) is 0.646. The normalized spacial score (nSPS) is 17.5. The summed E-state index contributed by atoms with van der Waals surface area (Å²) in [5.41, 5.74) is 0. The minimum Gasteiger partial charge on any atom is -0.408 e. The molecule has 1 aromatic carbocycles. The van der Waals surface area contributed by atoms with Crippen LogP contribution in [0.25, 0.3) is 0 Å². The Kier molecular flexibility index (Phi) is 3.76. The highest BCUT2D eigenvalue weighted by atomic mass is 79.9. The first-order valence-electron chi connectivity index (χ1n) is 4.55. The molecule has 88 valence electrons.